The van der Waals surface area contributed by atoms with E-state index in [1.807, 2.05) is 4.90 Å². The minimum Gasteiger partial charge on any atom is -0.495 e. The molecule has 0 radical (unpaired) electrons. The van der Waals surface area contributed by atoms with Gasteiger partial charge in [0.1, 0.15) is 23.0 Å². The number of ether oxygens (including phenoxy) is 8. The Bertz CT molecular complexity index is 4250. The summed E-state index contributed by atoms with van der Waals surface area (Å²) in [5, 5.41) is 0. The molecule has 1 atom stereocenters. The molecular weight excluding hydrogens is 1590 g/mol. The quantitative estimate of drug-likeness (QED) is 0.0761. The first kappa shape index (κ1) is 103. The van der Waals surface area contributed by atoms with Gasteiger partial charge < -0.3 is 77.1 Å². The first-order chi connectivity index (χ1) is 60.1. The predicted octanol–water partition coefficient (Wildman–Crippen LogP) is 17.0. The van der Waals surface area contributed by atoms with Gasteiger partial charge in [0.15, 0.2) is 0 Å². The van der Waals surface area contributed by atoms with Crippen LogP contribution in [0.25, 0.3) is 0 Å². The number of hydrogen-bond donors (Lipinski definition) is 0. The van der Waals surface area contributed by atoms with Crippen molar-refractivity contribution in [3.63, 3.8) is 0 Å². The normalized spacial score (nSPS) is 19.0. The van der Waals surface area contributed by atoms with E-state index in [-0.39, 0.29) is 38.4 Å². The lowest BCUT2D eigenvalue weighted by Gasteiger charge is -2.44. The molecule has 0 aromatic heterocycles. The van der Waals surface area contributed by atoms with Crippen molar-refractivity contribution in [3.05, 3.63) is 155 Å². The third-order valence-corrected chi connectivity index (χ3v) is 26.6. The van der Waals surface area contributed by atoms with Gasteiger partial charge in [-0.1, -0.05) is 187 Å². The van der Waals surface area contributed by atoms with E-state index in [9.17, 15) is 4.79 Å². The Kier molecular flexibility index (Phi) is 38.2. The molecule has 1 unspecified atom stereocenters. The van der Waals surface area contributed by atoms with E-state index in [0.717, 1.165) is 252 Å². The van der Waals surface area contributed by atoms with E-state index in [4.69, 9.17) is 37.9 Å². The van der Waals surface area contributed by atoms with E-state index in [0.29, 0.717) is 11.5 Å². The topological polar surface area (TPSA) is 130 Å². The number of methoxy groups -OCH3 is 6. The van der Waals surface area contributed by atoms with Crippen LogP contribution < -0.4 is 48.3 Å². The summed E-state index contributed by atoms with van der Waals surface area (Å²) < 4.78 is 43.9. The van der Waals surface area contributed by atoms with Crippen LogP contribution in [-0.2, 0) is 56.2 Å². The Morgan fingerprint density at radius 1 is 0.354 bits per heavy atom. The van der Waals surface area contributed by atoms with Gasteiger partial charge in [-0.25, -0.2) is 0 Å². The number of amides is 1. The second-order valence-corrected chi connectivity index (χ2v) is 42.5. The highest BCUT2D eigenvalue weighted by Crippen LogP contribution is 2.41. The number of rotatable bonds is 19. The molecule has 6 aromatic rings. The van der Waals surface area contributed by atoms with Gasteiger partial charge in [-0.15, -0.1) is 0 Å². The molecule has 0 N–H and O–H groups in total. The van der Waals surface area contributed by atoms with Crippen LogP contribution in [0, 0.1) is 5.41 Å². The van der Waals surface area contributed by atoms with Crippen LogP contribution >= 0.6 is 0 Å². The lowest BCUT2D eigenvalue weighted by molar-refractivity contribution is -0.129. The molecule has 14 rings (SSSR count). The molecule has 6 aromatic carbocycles. The fourth-order valence-corrected chi connectivity index (χ4v) is 17.6. The summed E-state index contributed by atoms with van der Waals surface area (Å²) in [6, 6.07) is 45.2. The second-order valence-electron chi connectivity index (χ2n) is 42.5. The number of piperazine rings is 6. The minimum absolute atomic E-state index is 0.110. The van der Waals surface area contributed by atoms with E-state index < -0.39 is 0 Å². The molecule has 1 amide bonds. The van der Waals surface area contributed by atoms with Crippen LogP contribution in [0.3, 0.4) is 0 Å². The van der Waals surface area contributed by atoms with Crippen molar-refractivity contribution >= 4 is 40.0 Å². The van der Waals surface area contributed by atoms with Crippen molar-refractivity contribution in [2.45, 2.75) is 184 Å². The van der Waals surface area contributed by atoms with Gasteiger partial charge in [0, 0.05) is 215 Å². The fourth-order valence-electron chi connectivity index (χ4n) is 17.6. The molecule has 708 valence electrons. The molecule has 8 heterocycles. The number of fused-ring (bicyclic) bond motifs is 1. The Morgan fingerprint density at radius 3 is 0.953 bits per heavy atom. The standard InChI is InChI=1S/C20H32N2O2.C18H30N2O2.C17H26N2O2.C17H26N2O.2C17H28N2O/c1-19(2,3)16-6-7-17(18(12-16)23-5)22-10-8-21(9-11-22)13-20(4)14-24-15-20;1-18(2,3)15-6-7-16(17(14-15)22-5)20-10-8-19(9-11-20)12-13-21-4;1-13(20)18-8-10-19(11-9-18)15-7-6-14(17(2,3)4)12-16(15)21-5;1-17(2,3)14-4-6-15(7-5-14)19-9-8-18-10-11-20-13-16(18)12-19;1-17(2,3)15-5-7-16(8-6-15)19-11-9-18(10-12-19)13-14-20-4;1-6-18-9-11-19(12-10-18)15-8-7-14(17(2,3)4)13-16(15)20-5/h6-7,12H,8-11,13-15H2,1-5H3;6-7,14H,8-13H2,1-5H3;6-7,12H,8-11H2,1-5H3;4-7,16H,8-13H2,1-3H3;5-8H,9-14H2,1-4H3;7-8,13H,6,9-12H2,1-5H3. The van der Waals surface area contributed by atoms with Crippen LogP contribution in [0.2, 0.25) is 0 Å². The highest BCUT2D eigenvalue weighted by atomic mass is 16.5. The lowest BCUT2D eigenvalue weighted by atomic mass is 9.86. The SMILES string of the molecule is CC(C)(C)c1ccc(N2CCN3CCOCC3C2)cc1.CCN1CCN(c2ccc(C(C)(C)C)cc2OC)CC1.COCCN1CCN(c2ccc(C(C)(C)C)cc2)CC1.COCCN1CCN(c2ccc(C(C)(C)C)cc2OC)CC1.COc1cc(C(C)(C)C)ccc1N1CCN(C(C)=O)CC1.COc1cc(C(C)(C)C)ccc1N1CCN(CC2(C)COC2)CC1. The summed E-state index contributed by atoms with van der Waals surface area (Å²) in [6.07, 6.45) is 0. The molecule has 21 nitrogen and oxygen atoms in total. The lowest BCUT2D eigenvalue weighted by Crippen LogP contribution is -2.58. The summed E-state index contributed by atoms with van der Waals surface area (Å²) in [7, 11) is 10.6. The molecule has 0 saturated carbocycles. The predicted molar refractivity (Wildman–Crippen MR) is 533 cm³/mol. The van der Waals surface area contributed by atoms with E-state index >= 15 is 0 Å². The number of hydrogen-bond acceptors (Lipinski definition) is 20. The number of morpholine rings is 1. The Hall–Kier alpha value is -7.57. The number of carbonyl (C=O) groups excluding carboxylic acids is 1. The summed E-state index contributed by atoms with van der Waals surface area (Å²) in [4.78, 5) is 40.5. The number of carbonyl (C=O) groups is 1. The zero-order chi connectivity index (χ0) is 92.7. The summed E-state index contributed by atoms with van der Waals surface area (Å²) >= 11 is 0. The summed E-state index contributed by atoms with van der Waals surface area (Å²) in [6.45, 7) is 81.4. The maximum absolute atomic E-state index is 11.4. The average molecular weight is 1760 g/mol. The highest BCUT2D eigenvalue weighted by molar-refractivity contribution is 5.74. The molecule has 8 aliphatic rings. The molecular formula is C106H170N12O9. The van der Waals surface area contributed by atoms with Gasteiger partial charge in [-0.3, -0.25) is 24.4 Å². The highest BCUT2D eigenvalue weighted by Gasteiger charge is 2.37. The third-order valence-electron chi connectivity index (χ3n) is 26.6. The average Bonchev–Trinajstić information content (AvgIpc) is 0.806. The van der Waals surface area contributed by atoms with Gasteiger partial charge in [0.2, 0.25) is 5.91 Å². The Labute approximate surface area is 769 Å². The van der Waals surface area contributed by atoms with Gasteiger partial charge in [0.25, 0.3) is 0 Å². The van der Waals surface area contributed by atoms with Crippen LogP contribution in [0.15, 0.2) is 121 Å². The maximum atomic E-state index is 11.4. The Balaban J connectivity index is 0.000000172. The Morgan fingerprint density at radius 2 is 0.654 bits per heavy atom. The van der Waals surface area contributed by atoms with Crippen molar-refractivity contribution in [1.82, 2.24) is 29.4 Å². The fraction of sp³-hybridized carbons (Fsp3) is 0.651. The number of benzene rings is 6. The molecule has 0 spiro atoms. The zero-order valence-electron chi connectivity index (χ0n) is 84.2. The molecule has 0 bridgehead atoms. The third kappa shape index (κ3) is 30.5. The van der Waals surface area contributed by atoms with Crippen molar-refractivity contribution in [2.24, 2.45) is 5.41 Å². The molecule has 0 aliphatic carbocycles. The monoisotopic (exact) mass is 1760 g/mol. The van der Waals surface area contributed by atoms with Gasteiger partial charge in [-0.2, -0.15) is 0 Å². The van der Waals surface area contributed by atoms with Gasteiger partial charge >= 0.3 is 0 Å². The van der Waals surface area contributed by atoms with Crippen molar-refractivity contribution in [1.29, 1.82) is 0 Å². The molecule has 8 aliphatic heterocycles. The second kappa shape index (κ2) is 47.0. The van der Waals surface area contributed by atoms with Crippen molar-refractivity contribution in [3.8, 4) is 23.0 Å². The van der Waals surface area contributed by atoms with E-state index in [1.54, 1.807) is 49.6 Å². The smallest absolute Gasteiger partial charge is 0.219 e. The van der Waals surface area contributed by atoms with E-state index in [2.05, 4.69) is 314 Å². The van der Waals surface area contributed by atoms with Crippen LogP contribution in [0.5, 0.6) is 23.0 Å². The number of nitrogens with zero attached hydrogens (tertiary/aromatic N) is 12. The van der Waals surface area contributed by atoms with Crippen LogP contribution in [0.4, 0.5) is 34.1 Å². The molecule has 8 saturated heterocycles. The van der Waals surface area contributed by atoms with Gasteiger partial charge in [-0.05, 0) is 145 Å². The summed E-state index contributed by atoms with van der Waals surface area (Å²) in [5.41, 5.74) is 16.9. The molecule has 127 heavy (non-hydrogen) atoms. The first-order valence-electron chi connectivity index (χ1n) is 47.6. The maximum Gasteiger partial charge on any atom is 0.219 e. The van der Waals surface area contributed by atoms with Crippen LogP contribution in [0.1, 0.15) is 179 Å². The number of anilines is 6. The van der Waals surface area contributed by atoms with Crippen molar-refractivity contribution in [2.75, 3.05) is 295 Å². The van der Waals surface area contributed by atoms with E-state index in [1.165, 1.54) is 61.8 Å². The van der Waals surface area contributed by atoms with Crippen molar-refractivity contribution < 1.29 is 42.7 Å². The molecule has 21 heteroatoms. The number of likely N-dealkylation sites (N-methyl/N-ethyl adjacent to an activating group) is 1. The minimum atomic E-state index is 0.110. The van der Waals surface area contributed by atoms with Crippen LogP contribution in [-0.4, -0.2) is 307 Å². The largest absolute Gasteiger partial charge is 0.495 e. The summed E-state index contributed by atoms with van der Waals surface area (Å²) in [5.74, 6) is 4.05. The molecule has 8 fully saturated rings. The zero-order valence-corrected chi connectivity index (χ0v) is 84.2. The van der Waals surface area contributed by atoms with Gasteiger partial charge in [0.05, 0.1) is 96.9 Å². The first-order valence-corrected chi connectivity index (χ1v) is 47.6.